The highest BCUT2D eigenvalue weighted by molar-refractivity contribution is 7.90. The first-order valence-electron chi connectivity index (χ1n) is 9.02. The number of hydrogen-bond acceptors (Lipinski definition) is 4. The second kappa shape index (κ2) is 9.39. The van der Waals surface area contributed by atoms with Crippen molar-refractivity contribution in [2.24, 2.45) is 11.7 Å². The average molecular weight is 428 g/mol. The minimum absolute atomic E-state index is 0.0707. The van der Waals surface area contributed by atoms with Crippen molar-refractivity contribution in [2.75, 3.05) is 6.26 Å². The van der Waals surface area contributed by atoms with Gasteiger partial charge in [-0.3, -0.25) is 9.78 Å². The lowest BCUT2D eigenvalue weighted by Crippen LogP contribution is -2.10. The molecule has 1 aliphatic rings. The SMILES string of the molecule is CS(=O)(=O)c1ccc(CC(CC2CC2)c2ccc(C(F)(F)F)nc2)cc1.NC=O. The Morgan fingerprint density at radius 3 is 2.17 bits per heavy atom. The Bertz CT molecular complexity index is 907. The number of amides is 1. The lowest BCUT2D eigenvalue weighted by atomic mass is 9.88. The van der Waals surface area contributed by atoms with E-state index in [1.807, 2.05) is 0 Å². The van der Waals surface area contributed by atoms with Crippen LogP contribution in [0.2, 0.25) is 0 Å². The van der Waals surface area contributed by atoms with Gasteiger partial charge in [0, 0.05) is 12.5 Å². The van der Waals surface area contributed by atoms with E-state index in [0.29, 0.717) is 12.3 Å². The predicted octanol–water partition coefficient (Wildman–Crippen LogP) is 3.73. The van der Waals surface area contributed by atoms with E-state index in [2.05, 4.69) is 10.7 Å². The summed E-state index contributed by atoms with van der Waals surface area (Å²) >= 11 is 0. The van der Waals surface area contributed by atoms with Gasteiger partial charge in [-0.1, -0.05) is 31.0 Å². The third-order valence-corrected chi connectivity index (χ3v) is 5.83. The summed E-state index contributed by atoms with van der Waals surface area (Å²) in [6.07, 6.45) is 2.14. The van der Waals surface area contributed by atoms with Gasteiger partial charge in [0.2, 0.25) is 6.41 Å². The summed E-state index contributed by atoms with van der Waals surface area (Å²) in [5, 5.41) is 0. The molecular formula is C20H23F3N2O3S. The molecule has 2 aromatic rings. The van der Waals surface area contributed by atoms with Crippen molar-refractivity contribution in [1.82, 2.24) is 4.98 Å². The van der Waals surface area contributed by atoms with Crippen LogP contribution >= 0.6 is 0 Å². The van der Waals surface area contributed by atoms with Crippen molar-refractivity contribution in [3.05, 3.63) is 59.4 Å². The molecule has 0 saturated heterocycles. The van der Waals surface area contributed by atoms with E-state index < -0.39 is 21.7 Å². The van der Waals surface area contributed by atoms with Gasteiger partial charge in [0.05, 0.1) is 4.90 Å². The van der Waals surface area contributed by atoms with Gasteiger partial charge in [-0.05, 0) is 54.0 Å². The average Bonchev–Trinajstić information content (AvgIpc) is 3.45. The van der Waals surface area contributed by atoms with Crippen LogP contribution in [-0.2, 0) is 27.2 Å². The lowest BCUT2D eigenvalue weighted by Gasteiger charge is -2.18. The van der Waals surface area contributed by atoms with Gasteiger partial charge < -0.3 is 5.73 Å². The molecule has 1 amide bonds. The van der Waals surface area contributed by atoms with E-state index in [1.165, 1.54) is 12.3 Å². The molecule has 1 heterocycles. The number of carbonyl (C=O) groups excluding carboxylic acids is 1. The van der Waals surface area contributed by atoms with Crippen LogP contribution in [0.5, 0.6) is 0 Å². The number of halogens is 3. The minimum Gasteiger partial charge on any atom is -0.372 e. The maximum atomic E-state index is 12.7. The fraction of sp³-hybridized carbons (Fsp3) is 0.400. The van der Waals surface area contributed by atoms with Gasteiger partial charge in [-0.25, -0.2) is 8.42 Å². The minimum atomic E-state index is -4.44. The summed E-state index contributed by atoms with van der Waals surface area (Å²) in [4.78, 5) is 12.4. The first-order valence-corrected chi connectivity index (χ1v) is 10.9. The predicted molar refractivity (Wildman–Crippen MR) is 103 cm³/mol. The molecule has 1 aliphatic carbocycles. The molecule has 2 N–H and O–H groups in total. The number of pyridine rings is 1. The molecule has 1 unspecified atom stereocenters. The van der Waals surface area contributed by atoms with Gasteiger partial charge in [0.15, 0.2) is 9.84 Å². The molecule has 9 heteroatoms. The number of benzene rings is 1. The second-order valence-electron chi connectivity index (χ2n) is 7.11. The molecule has 1 atom stereocenters. The Morgan fingerprint density at radius 1 is 1.17 bits per heavy atom. The monoisotopic (exact) mass is 428 g/mol. The molecule has 158 valence electrons. The van der Waals surface area contributed by atoms with Gasteiger partial charge in [-0.2, -0.15) is 13.2 Å². The number of sulfone groups is 1. The zero-order valence-corrected chi connectivity index (χ0v) is 16.7. The smallest absolute Gasteiger partial charge is 0.372 e. The van der Waals surface area contributed by atoms with Crippen LogP contribution in [0.1, 0.15) is 42.0 Å². The van der Waals surface area contributed by atoms with Crippen molar-refractivity contribution in [3.8, 4) is 0 Å². The van der Waals surface area contributed by atoms with Crippen LogP contribution in [0.3, 0.4) is 0 Å². The Labute approximate surface area is 168 Å². The van der Waals surface area contributed by atoms with Crippen molar-refractivity contribution in [1.29, 1.82) is 0 Å². The number of carbonyl (C=O) groups is 1. The lowest BCUT2D eigenvalue weighted by molar-refractivity contribution is -0.141. The molecule has 0 aliphatic heterocycles. The molecule has 1 saturated carbocycles. The molecule has 5 nitrogen and oxygen atoms in total. The zero-order valence-electron chi connectivity index (χ0n) is 15.9. The second-order valence-corrected chi connectivity index (χ2v) is 9.12. The summed E-state index contributed by atoms with van der Waals surface area (Å²) in [6, 6.07) is 9.23. The molecule has 3 rings (SSSR count). The van der Waals surface area contributed by atoms with Crippen LogP contribution in [-0.4, -0.2) is 26.1 Å². The zero-order chi connectivity index (χ0) is 21.7. The summed E-state index contributed by atoms with van der Waals surface area (Å²) in [7, 11) is -3.24. The Kier molecular flexibility index (Phi) is 7.40. The van der Waals surface area contributed by atoms with Crippen molar-refractivity contribution in [3.63, 3.8) is 0 Å². The van der Waals surface area contributed by atoms with Gasteiger partial charge in [0.25, 0.3) is 0 Å². The van der Waals surface area contributed by atoms with Crippen molar-refractivity contribution in [2.45, 2.75) is 42.7 Å². The van der Waals surface area contributed by atoms with Gasteiger partial charge in [-0.15, -0.1) is 0 Å². The fourth-order valence-electron chi connectivity index (χ4n) is 3.06. The number of nitrogens with zero attached hydrogens (tertiary/aromatic N) is 1. The summed E-state index contributed by atoms with van der Waals surface area (Å²) in [5.74, 6) is 0.680. The number of nitrogens with two attached hydrogens (primary N) is 1. The fourth-order valence-corrected chi connectivity index (χ4v) is 3.70. The Morgan fingerprint density at radius 2 is 1.76 bits per heavy atom. The number of alkyl halides is 3. The summed E-state index contributed by atoms with van der Waals surface area (Å²) in [6.45, 7) is 0. The van der Waals surface area contributed by atoms with E-state index in [0.717, 1.165) is 42.7 Å². The molecule has 1 aromatic heterocycles. The van der Waals surface area contributed by atoms with Crippen LogP contribution in [0.15, 0.2) is 47.5 Å². The highest BCUT2D eigenvalue weighted by atomic mass is 32.2. The van der Waals surface area contributed by atoms with Gasteiger partial charge in [0.1, 0.15) is 5.69 Å². The molecule has 1 aromatic carbocycles. The maximum absolute atomic E-state index is 12.7. The van der Waals surface area contributed by atoms with E-state index in [1.54, 1.807) is 24.3 Å². The standard InChI is InChI=1S/C19H20F3NO2S.CH3NO/c1-26(24,25)17-7-4-14(5-8-17)11-16(10-13-2-3-13)15-6-9-18(23-12-15)19(20,21)22;2-1-3/h4-9,12-13,16H,2-3,10-11H2,1H3;1H,(H2,2,3). The first kappa shape index (κ1) is 22.9. The summed E-state index contributed by atoms with van der Waals surface area (Å²) < 4.78 is 61.2. The molecule has 0 spiro atoms. The largest absolute Gasteiger partial charge is 0.433 e. The van der Waals surface area contributed by atoms with Crippen LogP contribution in [0.25, 0.3) is 0 Å². The molecule has 29 heavy (non-hydrogen) atoms. The number of rotatable bonds is 6. The normalized spacial score (nSPS) is 15.2. The van der Waals surface area contributed by atoms with Crippen molar-refractivity contribution >= 4 is 16.2 Å². The molecule has 0 bridgehead atoms. The summed E-state index contributed by atoms with van der Waals surface area (Å²) in [5.41, 5.74) is 5.03. The molecule has 1 fully saturated rings. The van der Waals surface area contributed by atoms with E-state index in [9.17, 15) is 21.6 Å². The molecular weight excluding hydrogens is 405 g/mol. The van der Waals surface area contributed by atoms with Crippen LogP contribution in [0, 0.1) is 5.92 Å². The first-order chi connectivity index (χ1) is 13.5. The van der Waals surface area contributed by atoms with Crippen LogP contribution < -0.4 is 5.73 Å². The Hall–Kier alpha value is -2.42. The number of primary amides is 1. The number of hydrogen-bond donors (Lipinski definition) is 1. The quantitative estimate of drug-likeness (QED) is 0.710. The maximum Gasteiger partial charge on any atom is 0.433 e. The number of aromatic nitrogens is 1. The third kappa shape index (κ3) is 7.16. The van der Waals surface area contributed by atoms with E-state index in [-0.39, 0.29) is 17.2 Å². The topological polar surface area (TPSA) is 90.1 Å². The third-order valence-electron chi connectivity index (χ3n) is 4.70. The van der Waals surface area contributed by atoms with Gasteiger partial charge >= 0.3 is 6.18 Å². The van der Waals surface area contributed by atoms with E-state index >= 15 is 0 Å². The highest BCUT2D eigenvalue weighted by Crippen LogP contribution is 2.40. The molecule has 0 radical (unpaired) electrons. The van der Waals surface area contributed by atoms with E-state index in [4.69, 9.17) is 4.79 Å². The highest BCUT2D eigenvalue weighted by Gasteiger charge is 2.33. The van der Waals surface area contributed by atoms with Crippen molar-refractivity contribution < 1.29 is 26.4 Å². The van der Waals surface area contributed by atoms with Crippen LogP contribution in [0.4, 0.5) is 13.2 Å². The Balaban J connectivity index is 0.000000941.